The molecule has 0 aromatic heterocycles. The molecule has 1 nitrogen and oxygen atoms in total. The lowest BCUT2D eigenvalue weighted by Gasteiger charge is -1.95. The molecule has 0 heterocycles. The molecule has 0 saturated heterocycles. The summed E-state index contributed by atoms with van der Waals surface area (Å²) in [4.78, 5) is 0. The number of hydrogen-bond donors (Lipinski definition) is 1. The van der Waals surface area contributed by atoms with E-state index in [-0.39, 0.29) is 0 Å². The van der Waals surface area contributed by atoms with Gasteiger partial charge in [0.2, 0.25) is 0 Å². The molecule has 0 aromatic rings. The highest BCUT2D eigenvalue weighted by molar-refractivity contribution is 15.0. The van der Waals surface area contributed by atoms with E-state index >= 15 is 0 Å². The van der Waals surface area contributed by atoms with E-state index in [0.29, 0.717) is 6.04 Å². The van der Waals surface area contributed by atoms with Crippen LogP contribution < -0.4 is 5.32 Å². The second kappa shape index (κ2) is 10.4. The molecule has 0 spiro atoms. The number of hydrogen-bond acceptors (Lipinski definition) is 1. The highest BCUT2D eigenvalue weighted by atomic mass is 128. The Labute approximate surface area is 69.0 Å². The summed E-state index contributed by atoms with van der Waals surface area (Å²) in [5, 5.41) is 3.03. The Morgan fingerprint density at radius 3 is 1.43 bits per heavy atom. The van der Waals surface area contributed by atoms with Crippen molar-refractivity contribution in [2.45, 2.75) is 19.9 Å². The van der Waals surface area contributed by atoms with Gasteiger partial charge in [-0.1, -0.05) is 13.8 Å². The van der Waals surface area contributed by atoms with E-state index in [0.717, 1.165) is 0 Å². The van der Waals surface area contributed by atoms with Gasteiger partial charge in [0.15, 0.2) is 0 Å². The van der Waals surface area contributed by atoms with Crippen LogP contribution in [0.3, 0.4) is 0 Å². The van der Waals surface area contributed by atoms with E-state index in [4.69, 9.17) is 0 Å². The van der Waals surface area contributed by atoms with Gasteiger partial charge < -0.3 is 5.32 Å². The van der Waals surface area contributed by atoms with Gasteiger partial charge in [0, 0.05) is 43.3 Å². The van der Waals surface area contributed by atoms with Crippen LogP contribution in [0.5, 0.6) is 0 Å². The molecule has 0 unspecified atom stereocenters. The van der Waals surface area contributed by atoms with Crippen molar-refractivity contribution in [3.8, 4) is 0 Å². The minimum atomic E-state index is 0.634. The van der Waals surface area contributed by atoms with Crippen LogP contribution >= 0.6 is 37.2 Å². The Hall–Kier alpha value is 1.42. The Morgan fingerprint density at radius 1 is 1.29 bits per heavy atom. The summed E-state index contributed by atoms with van der Waals surface area (Å²) < 4.78 is 0. The van der Waals surface area contributed by atoms with E-state index in [1.807, 2.05) is 7.05 Å². The summed E-state index contributed by atoms with van der Waals surface area (Å²) in [5.41, 5.74) is 0. The average molecular weight is 327 g/mol. The number of rotatable bonds is 1. The Bertz CT molecular complexity index is 23.7. The van der Waals surface area contributed by atoms with Gasteiger partial charge in [-0.25, -0.2) is 0 Å². The fourth-order valence-corrected chi connectivity index (χ4v) is 0. The fourth-order valence-electron chi connectivity index (χ4n) is 0. The zero-order valence-corrected chi connectivity index (χ0v) is 9.15. The molecule has 0 rings (SSSR count). The molecular weight excluding hydrogens is 316 g/mol. The molecule has 0 aliphatic rings. The molecule has 0 atom stereocenters. The number of halogens is 2. The van der Waals surface area contributed by atoms with Gasteiger partial charge in [-0.05, 0) is 7.05 Å². The van der Waals surface area contributed by atoms with Crippen molar-refractivity contribution in [2.24, 2.45) is 0 Å². The Morgan fingerprint density at radius 2 is 1.43 bits per heavy atom. The second-order valence-electron chi connectivity index (χ2n) is 1.44. The third kappa shape index (κ3) is 18.6. The summed E-state index contributed by atoms with van der Waals surface area (Å²) in [6.45, 7) is 4.22. The van der Waals surface area contributed by atoms with Crippen LogP contribution in [0, 0.1) is 0 Å². The van der Waals surface area contributed by atoms with Gasteiger partial charge in [-0.2, -0.15) is 0 Å². The second-order valence-corrected chi connectivity index (χ2v) is 1.44. The molecule has 7 heavy (non-hydrogen) atoms. The highest BCUT2D eigenvalue weighted by Gasteiger charge is 1.76. The first kappa shape index (κ1) is 11.2. The molecule has 0 aliphatic heterocycles. The Balaban J connectivity index is 0. The first-order chi connectivity index (χ1) is 3.27. The third-order valence-electron chi connectivity index (χ3n) is 0.577. The molecule has 0 aliphatic carbocycles. The topological polar surface area (TPSA) is 12.0 Å². The summed E-state index contributed by atoms with van der Waals surface area (Å²) in [7, 11) is 1.95. The first-order valence-electron chi connectivity index (χ1n) is 2.09. The largest absolute Gasteiger partial charge is 0.318 e. The van der Waals surface area contributed by atoms with Crippen molar-refractivity contribution in [3.63, 3.8) is 0 Å². The van der Waals surface area contributed by atoms with Crippen molar-refractivity contribution >= 4 is 37.2 Å². The minimum Gasteiger partial charge on any atom is -0.318 e. The summed E-state index contributed by atoms with van der Waals surface area (Å²) >= 11 is 4.24. The van der Waals surface area contributed by atoms with E-state index in [2.05, 4.69) is 56.4 Å². The smallest absolute Gasteiger partial charge is 0.000733 e. The van der Waals surface area contributed by atoms with E-state index < -0.39 is 0 Å². The van der Waals surface area contributed by atoms with Crippen molar-refractivity contribution in [3.05, 3.63) is 0 Å². The average Bonchev–Trinajstić information content (AvgIpc) is 1.73. The van der Waals surface area contributed by atoms with Crippen LogP contribution in [0.4, 0.5) is 0 Å². The van der Waals surface area contributed by atoms with Gasteiger partial charge in [0.25, 0.3) is 0 Å². The van der Waals surface area contributed by atoms with Crippen molar-refractivity contribution < 1.29 is 0 Å². The maximum Gasteiger partial charge on any atom is 0.000733 e. The molecule has 0 bridgehead atoms. The molecule has 1 N–H and O–H groups in total. The molecule has 0 aromatic carbocycles. The van der Waals surface area contributed by atoms with E-state index in [1.54, 1.807) is 0 Å². The van der Waals surface area contributed by atoms with Crippen LogP contribution in [-0.2, 0) is 0 Å². The molecule has 0 fully saturated rings. The van der Waals surface area contributed by atoms with E-state index in [9.17, 15) is 0 Å². The van der Waals surface area contributed by atoms with Gasteiger partial charge in [-0.15, -0.1) is 0 Å². The Kier molecular flexibility index (Phi) is 16.7. The zero-order valence-electron chi connectivity index (χ0n) is 4.83. The third-order valence-corrected chi connectivity index (χ3v) is 0.577. The SMILES string of the molecule is CNC(C)C.II. The molecular formula is C4H11I2N. The fraction of sp³-hybridized carbons (Fsp3) is 1.00. The quantitative estimate of drug-likeness (QED) is 0.730. The molecule has 0 amide bonds. The minimum absolute atomic E-state index is 0.634. The van der Waals surface area contributed by atoms with Crippen molar-refractivity contribution in [2.75, 3.05) is 7.05 Å². The maximum absolute atomic E-state index is 3.03. The summed E-state index contributed by atoms with van der Waals surface area (Å²) in [5.74, 6) is 0. The predicted molar refractivity (Wildman–Crippen MR) is 52.2 cm³/mol. The zero-order chi connectivity index (χ0) is 6.28. The van der Waals surface area contributed by atoms with Crippen molar-refractivity contribution in [1.82, 2.24) is 5.32 Å². The normalized spacial score (nSPS) is 7.71. The standard InChI is InChI=1S/C4H11N.I2/c1-4(2)5-3;1-2/h4-5H,1-3H3;. The number of nitrogens with one attached hydrogen (secondary N) is 1. The maximum atomic E-state index is 3.03. The van der Waals surface area contributed by atoms with Gasteiger partial charge in [0.05, 0.1) is 0 Å². The van der Waals surface area contributed by atoms with Crippen LogP contribution in [-0.4, -0.2) is 13.1 Å². The molecule has 0 saturated carbocycles. The molecule has 46 valence electrons. The lowest BCUT2D eigenvalue weighted by Crippen LogP contribution is -2.15. The molecule has 3 heteroatoms. The predicted octanol–water partition coefficient (Wildman–Crippen LogP) is 2.39. The van der Waals surface area contributed by atoms with Gasteiger partial charge in [0.1, 0.15) is 0 Å². The van der Waals surface area contributed by atoms with Gasteiger partial charge in [-0.3, -0.25) is 0 Å². The lowest BCUT2D eigenvalue weighted by atomic mass is 10.4. The van der Waals surface area contributed by atoms with Crippen LogP contribution in [0.1, 0.15) is 13.8 Å². The summed E-state index contributed by atoms with van der Waals surface area (Å²) in [6, 6.07) is 0.634. The first-order valence-corrected chi connectivity index (χ1v) is 8.37. The van der Waals surface area contributed by atoms with E-state index in [1.165, 1.54) is 0 Å². The molecule has 0 radical (unpaired) electrons. The van der Waals surface area contributed by atoms with Gasteiger partial charge >= 0.3 is 0 Å². The van der Waals surface area contributed by atoms with Crippen molar-refractivity contribution in [1.29, 1.82) is 0 Å². The van der Waals surface area contributed by atoms with Crippen LogP contribution in [0.15, 0.2) is 0 Å². The lowest BCUT2D eigenvalue weighted by molar-refractivity contribution is 0.668. The van der Waals surface area contributed by atoms with Crippen LogP contribution in [0.2, 0.25) is 0 Å². The summed E-state index contributed by atoms with van der Waals surface area (Å²) in [6.07, 6.45) is 0. The monoisotopic (exact) mass is 327 g/mol. The highest BCUT2D eigenvalue weighted by Crippen LogP contribution is 1.89. The van der Waals surface area contributed by atoms with Crippen LogP contribution in [0.25, 0.3) is 0 Å².